The fourth-order valence-electron chi connectivity index (χ4n) is 3.97. The van der Waals surface area contributed by atoms with Crippen LogP contribution in [0.2, 0.25) is 0 Å². The molecule has 0 aromatic heterocycles. The van der Waals surface area contributed by atoms with Gasteiger partial charge in [0.1, 0.15) is 11.9 Å². The Morgan fingerprint density at radius 1 is 1.20 bits per heavy atom. The smallest absolute Gasteiger partial charge is 0.250 e. The number of hydrogen-bond donors (Lipinski definition) is 1. The second kappa shape index (κ2) is 5.98. The van der Waals surface area contributed by atoms with Gasteiger partial charge >= 0.3 is 0 Å². The van der Waals surface area contributed by atoms with Crippen LogP contribution in [-0.2, 0) is 9.59 Å². The van der Waals surface area contributed by atoms with E-state index >= 15 is 0 Å². The molecule has 4 rings (SSSR count). The molecule has 1 aliphatic carbocycles. The van der Waals surface area contributed by atoms with E-state index in [1.165, 1.54) is 24.0 Å². The van der Waals surface area contributed by atoms with E-state index in [1.54, 1.807) is 11.0 Å². The van der Waals surface area contributed by atoms with Gasteiger partial charge in [0.25, 0.3) is 0 Å². The topological polar surface area (TPSA) is 64.1 Å². The minimum absolute atomic E-state index is 0.170. The summed E-state index contributed by atoms with van der Waals surface area (Å²) in [6.45, 7) is 2.73. The van der Waals surface area contributed by atoms with Crippen LogP contribution in [0.15, 0.2) is 18.2 Å². The fourth-order valence-corrected chi connectivity index (χ4v) is 3.97. The molecule has 25 heavy (non-hydrogen) atoms. The Morgan fingerprint density at radius 2 is 1.96 bits per heavy atom. The van der Waals surface area contributed by atoms with Gasteiger partial charge in [-0.2, -0.15) is 0 Å². The average molecular weight is 347 g/mol. The lowest BCUT2D eigenvalue weighted by molar-refractivity contribution is -0.135. The number of fused-ring (bicyclic) bond motifs is 1. The Morgan fingerprint density at radius 3 is 2.64 bits per heavy atom. The first-order chi connectivity index (χ1) is 12.0. The molecule has 2 atom stereocenters. The molecular weight excluding hydrogens is 325 g/mol. The number of nitrogens with zero attached hydrogens (tertiary/aromatic N) is 3. The molecule has 0 radical (unpaired) electrons. The molecule has 3 aliphatic rings. The maximum atomic E-state index is 13.9. The molecule has 0 spiro atoms. The van der Waals surface area contributed by atoms with Crippen LogP contribution in [0.25, 0.3) is 0 Å². The van der Waals surface area contributed by atoms with Crippen molar-refractivity contribution in [3.8, 4) is 0 Å². The molecule has 1 saturated carbocycles. The van der Waals surface area contributed by atoms with Gasteiger partial charge in [-0.05, 0) is 31.0 Å². The number of aliphatic hydroxyl groups excluding tert-OH is 1. The van der Waals surface area contributed by atoms with Crippen LogP contribution in [0.5, 0.6) is 0 Å². The van der Waals surface area contributed by atoms with Crippen molar-refractivity contribution in [3.05, 3.63) is 24.0 Å². The number of amides is 2. The predicted molar refractivity (Wildman–Crippen MR) is 90.9 cm³/mol. The van der Waals surface area contributed by atoms with E-state index in [0.29, 0.717) is 24.8 Å². The average Bonchev–Trinajstić information content (AvgIpc) is 3.34. The van der Waals surface area contributed by atoms with Crippen LogP contribution in [0.4, 0.5) is 15.8 Å². The van der Waals surface area contributed by atoms with Gasteiger partial charge in [-0.25, -0.2) is 4.39 Å². The molecule has 6 nitrogen and oxygen atoms in total. The van der Waals surface area contributed by atoms with Gasteiger partial charge in [0.2, 0.25) is 11.8 Å². The Hall–Kier alpha value is -2.15. The third-order valence-electron chi connectivity index (χ3n) is 5.32. The van der Waals surface area contributed by atoms with Crippen LogP contribution < -0.4 is 9.80 Å². The van der Waals surface area contributed by atoms with Crippen molar-refractivity contribution >= 4 is 23.2 Å². The summed E-state index contributed by atoms with van der Waals surface area (Å²) in [6.07, 6.45) is 1.78. The first-order valence-corrected chi connectivity index (χ1v) is 8.78. The van der Waals surface area contributed by atoms with Gasteiger partial charge in [0.15, 0.2) is 0 Å². The van der Waals surface area contributed by atoms with Crippen LogP contribution >= 0.6 is 0 Å². The summed E-state index contributed by atoms with van der Waals surface area (Å²) in [5.41, 5.74) is 1.43. The molecule has 1 aromatic carbocycles. The van der Waals surface area contributed by atoms with E-state index in [2.05, 4.69) is 4.90 Å². The lowest BCUT2D eigenvalue weighted by Crippen LogP contribution is -2.52. The fraction of sp³-hybridized carbons (Fsp3) is 0.556. The third kappa shape index (κ3) is 2.86. The molecule has 2 heterocycles. The molecule has 134 valence electrons. The number of β-amino-alcohol motifs (C(OH)–C–C–N with tert-alkyl or cyclic N) is 1. The summed E-state index contributed by atoms with van der Waals surface area (Å²) in [7, 11) is 0. The molecule has 2 fully saturated rings. The maximum Gasteiger partial charge on any atom is 0.250 e. The molecule has 1 N–H and O–H groups in total. The summed E-state index contributed by atoms with van der Waals surface area (Å²) in [5, 5.41) is 9.90. The minimum Gasteiger partial charge on any atom is -0.391 e. The predicted octanol–water partition coefficient (Wildman–Crippen LogP) is 1.12. The van der Waals surface area contributed by atoms with Gasteiger partial charge in [0.05, 0.1) is 17.5 Å². The standard InChI is InChI=1S/C18H22FN3O3/c1-11(23)22-10-14(24)9-17(22)18(25)21-7-6-20(13-3-4-13)15-5-2-12(19)8-16(15)21/h2,5,8,13-14,17,24H,3-4,6-7,9-10H2,1H3/t14-,17-/m1/s1. The highest BCUT2D eigenvalue weighted by Gasteiger charge is 2.42. The molecule has 0 bridgehead atoms. The van der Waals surface area contributed by atoms with Crippen molar-refractivity contribution in [1.29, 1.82) is 0 Å². The monoisotopic (exact) mass is 347 g/mol. The van der Waals surface area contributed by atoms with E-state index in [0.717, 1.165) is 18.5 Å². The number of carbonyl (C=O) groups is 2. The molecular formula is C18H22FN3O3. The second-order valence-corrected chi connectivity index (χ2v) is 7.12. The molecule has 2 aliphatic heterocycles. The molecule has 7 heteroatoms. The zero-order valence-electron chi connectivity index (χ0n) is 14.2. The molecule has 1 aromatic rings. The third-order valence-corrected chi connectivity index (χ3v) is 5.32. The number of likely N-dealkylation sites (tertiary alicyclic amines) is 1. The second-order valence-electron chi connectivity index (χ2n) is 7.12. The Kier molecular flexibility index (Phi) is 3.91. The van der Waals surface area contributed by atoms with Crippen molar-refractivity contribution in [2.45, 2.75) is 44.4 Å². The van der Waals surface area contributed by atoms with E-state index in [-0.39, 0.29) is 30.6 Å². The lowest BCUT2D eigenvalue weighted by Gasteiger charge is -2.39. The Bertz CT molecular complexity index is 722. The molecule has 2 amide bonds. The van der Waals surface area contributed by atoms with Crippen LogP contribution in [0, 0.1) is 5.82 Å². The van der Waals surface area contributed by atoms with Crippen molar-refractivity contribution in [1.82, 2.24) is 4.90 Å². The van der Waals surface area contributed by atoms with Crippen LogP contribution in [0.3, 0.4) is 0 Å². The number of aliphatic hydroxyl groups is 1. The normalized spacial score (nSPS) is 26.0. The van der Waals surface area contributed by atoms with Gasteiger partial charge in [0, 0.05) is 39.0 Å². The summed E-state index contributed by atoms with van der Waals surface area (Å²) in [6, 6.07) is 4.34. The Balaban J connectivity index is 1.66. The van der Waals surface area contributed by atoms with Crippen LogP contribution in [-0.4, -0.2) is 59.6 Å². The highest BCUT2D eigenvalue weighted by atomic mass is 19.1. The maximum absolute atomic E-state index is 13.9. The molecule has 0 unspecified atom stereocenters. The van der Waals surface area contributed by atoms with Crippen LogP contribution in [0.1, 0.15) is 26.2 Å². The first kappa shape index (κ1) is 16.3. The van der Waals surface area contributed by atoms with E-state index in [9.17, 15) is 19.1 Å². The van der Waals surface area contributed by atoms with Gasteiger partial charge < -0.3 is 19.8 Å². The van der Waals surface area contributed by atoms with Gasteiger partial charge in [-0.15, -0.1) is 0 Å². The number of anilines is 2. The van der Waals surface area contributed by atoms with Gasteiger partial charge in [-0.3, -0.25) is 9.59 Å². The summed E-state index contributed by atoms with van der Waals surface area (Å²) in [4.78, 5) is 30.2. The zero-order valence-corrected chi connectivity index (χ0v) is 14.2. The molecule has 1 saturated heterocycles. The number of benzene rings is 1. The highest BCUT2D eigenvalue weighted by Crippen LogP contribution is 2.41. The highest BCUT2D eigenvalue weighted by molar-refractivity contribution is 6.02. The Labute approximate surface area is 145 Å². The van der Waals surface area contributed by atoms with Crippen molar-refractivity contribution < 1.29 is 19.1 Å². The SMILES string of the molecule is CC(=O)N1C[C@H](O)C[C@@H]1C(=O)N1CCN(C2CC2)c2ccc(F)cc21. The van der Waals surface area contributed by atoms with E-state index in [4.69, 9.17) is 0 Å². The van der Waals surface area contributed by atoms with Gasteiger partial charge in [-0.1, -0.05) is 0 Å². The van der Waals surface area contributed by atoms with E-state index < -0.39 is 12.1 Å². The lowest BCUT2D eigenvalue weighted by atomic mass is 10.1. The number of hydrogen-bond acceptors (Lipinski definition) is 4. The van der Waals surface area contributed by atoms with Crippen molar-refractivity contribution in [3.63, 3.8) is 0 Å². The number of carbonyl (C=O) groups excluding carboxylic acids is 2. The quantitative estimate of drug-likeness (QED) is 0.871. The summed E-state index contributed by atoms with van der Waals surface area (Å²) in [5.74, 6) is -0.857. The summed E-state index contributed by atoms with van der Waals surface area (Å²) < 4.78 is 13.9. The first-order valence-electron chi connectivity index (χ1n) is 8.78. The van der Waals surface area contributed by atoms with Crippen molar-refractivity contribution in [2.24, 2.45) is 0 Å². The zero-order chi connectivity index (χ0) is 17.7. The minimum atomic E-state index is -0.697. The largest absolute Gasteiger partial charge is 0.391 e. The van der Waals surface area contributed by atoms with E-state index in [1.807, 2.05) is 0 Å². The number of rotatable bonds is 2. The number of halogens is 1. The van der Waals surface area contributed by atoms with Crippen molar-refractivity contribution in [2.75, 3.05) is 29.4 Å². The summed E-state index contributed by atoms with van der Waals surface area (Å²) >= 11 is 0.